The van der Waals surface area contributed by atoms with Gasteiger partial charge >= 0.3 is 5.97 Å². The molecule has 1 N–H and O–H groups in total. The van der Waals surface area contributed by atoms with E-state index in [2.05, 4.69) is 0 Å². The zero-order valence-corrected chi connectivity index (χ0v) is 12.4. The minimum Gasteiger partial charge on any atom is -0.481 e. The predicted molar refractivity (Wildman–Crippen MR) is 82.0 cm³/mol. The molecule has 1 aromatic rings. The van der Waals surface area contributed by atoms with Crippen LogP contribution in [0.1, 0.15) is 24.8 Å². The molecule has 0 bridgehead atoms. The van der Waals surface area contributed by atoms with Crippen LogP contribution in [-0.2, 0) is 9.59 Å². The van der Waals surface area contributed by atoms with Gasteiger partial charge in [0.25, 0.3) is 0 Å². The highest BCUT2D eigenvalue weighted by molar-refractivity contribution is 6.30. The lowest BCUT2D eigenvalue weighted by Gasteiger charge is -2.31. The minimum absolute atomic E-state index is 0.0594. The van der Waals surface area contributed by atoms with Crippen molar-refractivity contribution < 1.29 is 14.7 Å². The van der Waals surface area contributed by atoms with Gasteiger partial charge in [-0.05, 0) is 42.5 Å². The Labute approximate surface area is 129 Å². The topological polar surface area (TPSA) is 57.6 Å². The second kappa shape index (κ2) is 7.27. The first-order chi connectivity index (χ1) is 10.0. The fourth-order valence-electron chi connectivity index (χ4n) is 2.53. The van der Waals surface area contributed by atoms with E-state index >= 15 is 0 Å². The van der Waals surface area contributed by atoms with Gasteiger partial charge in [-0.3, -0.25) is 9.59 Å². The van der Waals surface area contributed by atoms with Crippen LogP contribution in [0.5, 0.6) is 0 Å². The molecule has 112 valence electrons. The van der Waals surface area contributed by atoms with Crippen molar-refractivity contribution in [1.29, 1.82) is 0 Å². The molecule has 1 aromatic carbocycles. The summed E-state index contributed by atoms with van der Waals surface area (Å²) >= 11 is 5.81. The number of amides is 1. The van der Waals surface area contributed by atoms with Crippen LogP contribution in [0.2, 0.25) is 5.02 Å². The van der Waals surface area contributed by atoms with Crippen LogP contribution in [0.3, 0.4) is 0 Å². The van der Waals surface area contributed by atoms with Gasteiger partial charge < -0.3 is 10.0 Å². The van der Waals surface area contributed by atoms with E-state index in [0.29, 0.717) is 18.1 Å². The number of hydrogen-bond donors (Lipinski definition) is 1. The normalized spacial score (nSPS) is 18.9. The molecular weight excluding hydrogens is 290 g/mol. The van der Waals surface area contributed by atoms with Gasteiger partial charge in [-0.1, -0.05) is 23.7 Å². The van der Waals surface area contributed by atoms with E-state index in [-0.39, 0.29) is 18.2 Å². The number of piperidine rings is 1. The summed E-state index contributed by atoms with van der Waals surface area (Å²) < 4.78 is 0. The average molecular weight is 308 g/mol. The van der Waals surface area contributed by atoms with Crippen molar-refractivity contribution in [2.45, 2.75) is 19.3 Å². The Morgan fingerprint density at radius 2 is 2.05 bits per heavy atom. The van der Waals surface area contributed by atoms with Gasteiger partial charge in [0.2, 0.25) is 5.91 Å². The molecule has 1 heterocycles. The van der Waals surface area contributed by atoms with Crippen LogP contribution >= 0.6 is 11.6 Å². The van der Waals surface area contributed by atoms with Gasteiger partial charge in [0.1, 0.15) is 0 Å². The molecule has 1 fully saturated rings. The Morgan fingerprint density at radius 3 is 2.71 bits per heavy atom. The van der Waals surface area contributed by atoms with Crippen molar-refractivity contribution in [2.75, 3.05) is 13.1 Å². The second-order valence-electron chi connectivity index (χ2n) is 5.28. The lowest BCUT2D eigenvalue weighted by molar-refractivity contribution is -0.139. The van der Waals surface area contributed by atoms with Crippen LogP contribution in [0.25, 0.3) is 6.08 Å². The number of hydrogen-bond acceptors (Lipinski definition) is 2. The first-order valence-corrected chi connectivity index (χ1v) is 7.37. The van der Waals surface area contributed by atoms with Crippen molar-refractivity contribution in [3.05, 3.63) is 40.9 Å². The number of benzene rings is 1. The predicted octanol–water partition coefficient (Wildman–Crippen LogP) is 3.07. The highest BCUT2D eigenvalue weighted by Gasteiger charge is 2.23. The number of likely N-dealkylation sites (tertiary alicyclic amines) is 1. The van der Waals surface area contributed by atoms with Gasteiger partial charge in [-0.25, -0.2) is 0 Å². The lowest BCUT2D eigenvalue weighted by atomic mass is 9.95. The Kier molecular flexibility index (Phi) is 5.39. The maximum absolute atomic E-state index is 12.1. The third-order valence-corrected chi connectivity index (χ3v) is 3.83. The molecular formula is C16H18ClNO3. The standard InChI is InChI=1S/C16H18ClNO3/c17-14-6-3-12(4-7-14)5-8-15(19)18-9-1-2-13(11-18)10-16(20)21/h3-8,13H,1-2,9-11H2,(H,20,21). The third-order valence-electron chi connectivity index (χ3n) is 3.58. The Morgan fingerprint density at radius 1 is 1.33 bits per heavy atom. The first-order valence-electron chi connectivity index (χ1n) is 6.99. The Balaban J connectivity index is 1.93. The second-order valence-corrected chi connectivity index (χ2v) is 5.71. The molecule has 0 spiro atoms. The molecule has 4 nitrogen and oxygen atoms in total. The average Bonchev–Trinajstić information content (AvgIpc) is 2.46. The van der Waals surface area contributed by atoms with Crippen molar-refractivity contribution in [1.82, 2.24) is 4.90 Å². The number of halogens is 1. The quantitative estimate of drug-likeness (QED) is 0.870. The van der Waals surface area contributed by atoms with Gasteiger partial charge in [-0.2, -0.15) is 0 Å². The van der Waals surface area contributed by atoms with E-state index < -0.39 is 5.97 Å². The number of nitrogens with zero attached hydrogens (tertiary/aromatic N) is 1. The summed E-state index contributed by atoms with van der Waals surface area (Å²) in [7, 11) is 0. The van der Waals surface area contributed by atoms with Gasteiger partial charge in [0.05, 0.1) is 0 Å². The molecule has 1 aliphatic heterocycles. The molecule has 0 aliphatic carbocycles. The van der Waals surface area contributed by atoms with E-state index in [1.54, 1.807) is 23.1 Å². The van der Waals surface area contributed by atoms with Crippen molar-refractivity contribution >= 4 is 29.6 Å². The Hall–Kier alpha value is -1.81. The number of rotatable bonds is 4. The van der Waals surface area contributed by atoms with Gasteiger partial charge in [0, 0.05) is 30.6 Å². The molecule has 0 radical (unpaired) electrons. The molecule has 2 rings (SSSR count). The van der Waals surface area contributed by atoms with Crippen LogP contribution in [0.15, 0.2) is 30.3 Å². The van der Waals surface area contributed by atoms with Crippen molar-refractivity contribution in [2.24, 2.45) is 5.92 Å². The van der Waals surface area contributed by atoms with Crippen LogP contribution < -0.4 is 0 Å². The molecule has 1 atom stereocenters. The Bertz CT molecular complexity index is 539. The number of aliphatic carboxylic acids is 1. The molecule has 0 saturated carbocycles. The molecule has 1 aliphatic rings. The van der Waals surface area contributed by atoms with Crippen molar-refractivity contribution in [3.8, 4) is 0 Å². The van der Waals surface area contributed by atoms with Crippen LogP contribution in [-0.4, -0.2) is 35.0 Å². The summed E-state index contributed by atoms with van der Waals surface area (Å²) in [5.74, 6) is -0.810. The summed E-state index contributed by atoms with van der Waals surface area (Å²) in [6.07, 6.45) is 5.14. The zero-order valence-electron chi connectivity index (χ0n) is 11.7. The van der Waals surface area contributed by atoms with E-state index in [1.807, 2.05) is 12.1 Å². The van der Waals surface area contributed by atoms with Gasteiger partial charge in [0.15, 0.2) is 0 Å². The monoisotopic (exact) mass is 307 g/mol. The number of carbonyl (C=O) groups excluding carboxylic acids is 1. The first kappa shape index (κ1) is 15.6. The summed E-state index contributed by atoms with van der Waals surface area (Å²) in [6.45, 7) is 1.22. The smallest absolute Gasteiger partial charge is 0.303 e. The van der Waals surface area contributed by atoms with E-state index in [4.69, 9.17) is 16.7 Å². The van der Waals surface area contributed by atoms with E-state index in [1.165, 1.54) is 6.08 Å². The highest BCUT2D eigenvalue weighted by atomic mass is 35.5. The van der Waals surface area contributed by atoms with Crippen molar-refractivity contribution in [3.63, 3.8) is 0 Å². The number of carboxylic acids is 1. The van der Waals surface area contributed by atoms with E-state index in [0.717, 1.165) is 18.4 Å². The summed E-state index contributed by atoms with van der Waals surface area (Å²) in [6, 6.07) is 7.23. The zero-order chi connectivity index (χ0) is 15.2. The maximum Gasteiger partial charge on any atom is 0.303 e. The van der Waals surface area contributed by atoms with Gasteiger partial charge in [-0.15, -0.1) is 0 Å². The van der Waals surface area contributed by atoms with Crippen LogP contribution in [0.4, 0.5) is 0 Å². The maximum atomic E-state index is 12.1. The summed E-state index contributed by atoms with van der Waals surface area (Å²) in [5, 5.41) is 9.50. The minimum atomic E-state index is -0.800. The largest absolute Gasteiger partial charge is 0.481 e. The fraction of sp³-hybridized carbons (Fsp3) is 0.375. The number of carbonyl (C=O) groups is 2. The molecule has 1 amide bonds. The highest BCUT2D eigenvalue weighted by Crippen LogP contribution is 2.20. The number of carboxylic acid groups (broad SMARTS) is 1. The molecule has 21 heavy (non-hydrogen) atoms. The summed E-state index contributed by atoms with van der Waals surface area (Å²) in [4.78, 5) is 24.6. The van der Waals surface area contributed by atoms with E-state index in [9.17, 15) is 9.59 Å². The molecule has 5 heteroatoms. The molecule has 1 saturated heterocycles. The molecule has 0 aromatic heterocycles. The lowest BCUT2D eigenvalue weighted by Crippen LogP contribution is -2.39. The fourth-order valence-corrected chi connectivity index (χ4v) is 2.65. The molecule has 1 unspecified atom stereocenters. The summed E-state index contributed by atoms with van der Waals surface area (Å²) in [5.41, 5.74) is 0.909. The SMILES string of the molecule is O=C(O)CC1CCCN(C(=O)C=Cc2ccc(Cl)cc2)C1. The van der Waals surface area contributed by atoms with Crippen LogP contribution in [0, 0.1) is 5.92 Å². The third kappa shape index (κ3) is 4.90.